The molecule has 0 fully saturated rings. The van der Waals surface area contributed by atoms with Gasteiger partial charge in [-0.25, -0.2) is 0 Å². The first kappa shape index (κ1) is 11.9. The summed E-state index contributed by atoms with van der Waals surface area (Å²) >= 11 is 0. The van der Waals surface area contributed by atoms with Gasteiger partial charge in [0.15, 0.2) is 0 Å². The van der Waals surface area contributed by atoms with E-state index in [0.717, 1.165) is 12.8 Å². The van der Waals surface area contributed by atoms with E-state index in [-0.39, 0.29) is 0 Å². The summed E-state index contributed by atoms with van der Waals surface area (Å²) in [7, 11) is 1.25. The molecular formula is C17H22. The van der Waals surface area contributed by atoms with E-state index in [1.807, 2.05) is 13.8 Å². The summed E-state index contributed by atoms with van der Waals surface area (Å²) in [5.74, 6) is 0. The summed E-state index contributed by atoms with van der Waals surface area (Å²) in [6.07, 6.45) is 2.21. The number of rotatable bonds is 0. The van der Waals surface area contributed by atoms with Crippen LogP contribution in [0, 0.1) is 0 Å². The van der Waals surface area contributed by atoms with E-state index >= 15 is 0 Å². The fraction of sp³-hybridized carbons (Fsp3) is 0.294. The van der Waals surface area contributed by atoms with Crippen LogP contribution in [0.25, 0.3) is 0 Å². The van der Waals surface area contributed by atoms with Gasteiger partial charge in [0.25, 0.3) is 0 Å². The van der Waals surface area contributed by atoms with Crippen molar-refractivity contribution in [2.24, 2.45) is 0 Å². The van der Waals surface area contributed by atoms with E-state index in [1.54, 1.807) is 0 Å². The van der Waals surface area contributed by atoms with Gasteiger partial charge < -0.3 is 0 Å². The minimum absolute atomic E-state index is 1.10. The smallest absolute Gasteiger partial charge is 0.0194 e. The maximum Gasteiger partial charge on any atom is 0.0194 e. The molecule has 0 saturated heterocycles. The van der Waals surface area contributed by atoms with Crippen LogP contribution < -0.4 is 0 Å². The zero-order valence-corrected chi connectivity index (χ0v) is 11.0. The van der Waals surface area contributed by atoms with E-state index in [9.17, 15) is 0 Å². The molecular weight excluding hydrogens is 204 g/mol. The van der Waals surface area contributed by atoms with Gasteiger partial charge in [-0.1, -0.05) is 69.8 Å². The van der Waals surface area contributed by atoms with Crippen LogP contribution in [-0.4, -0.2) is 0 Å². The highest BCUT2D eigenvalue weighted by molar-refractivity contribution is 5.44. The summed E-state index contributed by atoms with van der Waals surface area (Å²) in [5, 5.41) is 0. The molecule has 0 bridgehead atoms. The number of fused-ring (bicyclic) bond motifs is 2. The maximum atomic E-state index is 5.75. The third-order valence-electron chi connectivity index (χ3n) is 3.00. The molecule has 17 heavy (non-hydrogen) atoms. The van der Waals surface area contributed by atoms with Crippen LogP contribution in [0.5, 0.6) is 0 Å². The standard InChI is InChI=1S/C14H12.C2H6.CH4/c1-2-6-12-10-14-8-4-3-7-13(14)9-11(12)5-1;1-2;/h1-8H,9-10H2;1-2H3;1H4/i;;1D. The van der Waals surface area contributed by atoms with E-state index in [4.69, 9.17) is 1.37 Å². The van der Waals surface area contributed by atoms with Crippen molar-refractivity contribution in [2.75, 3.05) is 0 Å². The van der Waals surface area contributed by atoms with Gasteiger partial charge in [-0.15, -0.1) is 0 Å². The molecule has 0 aromatic heterocycles. The molecule has 0 radical (unpaired) electrons. The second-order valence-corrected chi connectivity index (χ2v) is 3.89. The summed E-state index contributed by atoms with van der Waals surface area (Å²) in [4.78, 5) is 0. The highest BCUT2D eigenvalue weighted by Crippen LogP contribution is 2.26. The van der Waals surface area contributed by atoms with Crippen LogP contribution in [0.2, 0.25) is 0 Å². The average Bonchev–Trinajstić information content (AvgIpc) is 2.49. The van der Waals surface area contributed by atoms with Crippen LogP contribution >= 0.6 is 0 Å². The van der Waals surface area contributed by atoms with E-state index in [2.05, 4.69) is 48.5 Å². The fourth-order valence-electron chi connectivity index (χ4n) is 2.22. The molecule has 0 heterocycles. The third kappa shape index (κ3) is 2.76. The van der Waals surface area contributed by atoms with Crippen molar-refractivity contribution >= 4 is 0 Å². The summed E-state index contributed by atoms with van der Waals surface area (Å²) in [6.45, 7) is 4.00. The normalized spacial score (nSPS) is 11.6. The van der Waals surface area contributed by atoms with Crippen LogP contribution in [-0.2, 0) is 12.8 Å². The molecule has 0 spiro atoms. The van der Waals surface area contributed by atoms with Crippen LogP contribution in [0.4, 0.5) is 0 Å². The molecule has 0 amide bonds. The SMILES string of the molecule is CC.[2H]C.c1ccc2c(c1)Cc1ccccc1C2. The molecule has 0 heteroatoms. The first-order valence-corrected chi connectivity index (χ1v) is 6.07. The second kappa shape index (κ2) is 6.24. The molecule has 1 aliphatic carbocycles. The Labute approximate surface area is 107 Å². The lowest BCUT2D eigenvalue weighted by molar-refractivity contribution is 1.00. The topological polar surface area (TPSA) is 0 Å². The van der Waals surface area contributed by atoms with E-state index in [1.165, 1.54) is 29.7 Å². The Morgan fingerprint density at radius 1 is 0.706 bits per heavy atom. The Morgan fingerprint density at radius 3 is 1.18 bits per heavy atom. The highest BCUT2D eigenvalue weighted by Gasteiger charge is 2.12. The maximum absolute atomic E-state index is 5.75. The minimum Gasteiger partial charge on any atom is -0.0776 e. The molecule has 0 atom stereocenters. The van der Waals surface area contributed by atoms with Gasteiger partial charge in [-0.2, -0.15) is 0 Å². The fourth-order valence-corrected chi connectivity index (χ4v) is 2.22. The Hall–Kier alpha value is -1.56. The molecule has 1 aliphatic rings. The molecule has 2 aromatic rings. The molecule has 3 rings (SSSR count). The monoisotopic (exact) mass is 227 g/mol. The average molecular weight is 227 g/mol. The zero-order valence-electron chi connectivity index (χ0n) is 12.0. The predicted molar refractivity (Wildman–Crippen MR) is 76.6 cm³/mol. The van der Waals surface area contributed by atoms with Gasteiger partial charge in [0, 0.05) is 1.37 Å². The van der Waals surface area contributed by atoms with Gasteiger partial charge in [-0.3, -0.25) is 0 Å². The Morgan fingerprint density at radius 2 is 0.941 bits per heavy atom. The third-order valence-corrected chi connectivity index (χ3v) is 3.00. The lowest BCUT2D eigenvalue weighted by Crippen LogP contribution is -2.06. The van der Waals surface area contributed by atoms with Crippen molar-refractivity contribution in [1.82, 2.24) is 0 Å². The summed E-state index contributed by atoms with van der Waals surface area (Å²) < 4.78 is 5.75. The number of benzene rings is 2. The van der Waals surface area contributed by atoms with E-state index in [0.29, 0.717) is 0 Å². The molecule has 2 aromatic carbocycles. The van der Waals surface area contributed by atoms with Crippen molar-refractivity contribution in [3.63, 3.8) is 0 Å². The van der Waals surface area contributed by atoms with Crippen molar-refractivity contribution < 1.29 is 1.37 Å². The summed E-state index contributed by atoms with van der Waals surface area (Å²) in [6, 6.07) is 17.5. The van der Waals surface area contributed by atoms with Gasteiger partial charge in [0.2, 0.25) is 0 Å². The van der Waals surface area contributed by atoms with Crippen molar-refractivity contribution in [3.8, 4) is 0 Å². The van der Waals surface area contributed by atoms with Crippen LogP contribution in [0.1, 0.15) is 44.9 Å². The van der Waals surface area contributed by atoms with Gasteiger partial charge in [0.05, 0.1) is 0 Å². The largest absolute Gasteiger partial charge is 0.0776 e. The minimum atomic E-state index is 1.10. The van der Waals surface area contributed by atoms with Crippen molar-refractivity contribution in [3.05, 3.63) is 70.8 Å². The quantitative estimate of drug-likeness (QED) is 0.515. The van der Waals surface area contributed by atoms with Gasteiger partial charge in [0.1, 0.15) is 0 Å². The molecule has 0 N–H and O–H groups in total. The molecule has 0 nitrogen and oxygen atoms in total. The van der Waals surface area contributed by atoms with Gasteiger partial charge in [-0.05, 0) is 35.1 Å². The van der Waals surface area contributed by atoms with Crippen LogP contribution in [0.3, 0.4) is 0 Å². The highest BCUT2D eigenvalue weighted by atomic mass is 14.2. The van der Waals surface area contributed by atoms with E-state index < -0.39 is 0 Å². The molecule has 0 saturated carbocycles. The zero-order chi connectivity index (χ0) is 13.4. The van der Waals surface area contributed by atoms with Crippen molar-refractivity contribution in [2.45, 2.75) is 34.1 Å². The first-order chi connectivity index (χ1) is 8.93. The first-order valence-electron chi connectivity index (χ1n) is 7.07. The number of hydrogen-bond donors (Lipinski definition) is 0. The van der Waals surface area contributed by atoms with Crippen molar-refractivity contribution in [1.29, 1.82) is 0 Å². The Balaban J connectivity index is 0.000000371. The second-order valence-electron chi connectivity index (χ2n) is 3.89. The van der Waals surface area contributed by atoms with Crippen LogP contribution in [0.15, 0.2) is 48.5 Å². The Kier molecular flexibility index (Phi) is 4.37. The predicted octanol–water partition coefficient (Wildman–Crippen LogP) is 4.84. The Bertz CT molecular complexity index is 387. The lowest BCUT2D eigenvalue weighted by atomic mass is 9.86. The lowest BCUT2D eigenvalue weighted by Gasteiger charge is -2.18. The molecule has 0 unspecified atom stereocenters. The molecule has 0 aliphatic heterocycles. The summed E-state index contributed by atoms with van der Waals surface area (Å²) in [5.41, 5.74) is 5.97. The molecule has 90 valence electrons. The number of hydrogen-bond acceptors (Lipinski definition) is 0. The van der Waals surface area contributed by atoms with Gasteiger partial charge >= 0.3 is 0 Å².